The van der Waals surface area contributed by atoms with Crippen molar-refractivity contribution >= 4 is 93.5 Å². The Kier molecular flexibility index (Phi) is 4.34. The van der Waals surface area contributed by atoms with Gasteiger partial charge in [-0.3, -0.25) is 0 Å². The van der Waals surface area contributed by atoms with E-state index >= 15 is 0 Å². The Balaban J connectivity index is 2.17. The van der Waals surface area contributed by atoms with Gasteiger partial charge < -0.3 is 0 Å². The summed E-state index contributed by atoms with van der Waals surface area (Å²) in [5, 5.41) is 0. The second kappa shape index (κ2) is 4.96. The van der Waals surface area contributed by atoms with Crippen LogP contribution in [-0.4, -0.2) is 0 Å². The van der Waals surface area contributed by atoms with Crippen molar-refractivity contribution in [3.63, 3.8) is 0 Å². The van der Waals surface area contributed by atoms with Crippen LogP contribution in [0.3, 0.4) is 0 Å². The lowest BCUT2D eigenvalue weighted by Crippen LogP contribution is -1.65. The minimum atomic E-state index is 0.611. The van der Waals surface area contributed by atoms with E-state index < -0.39 is 0 Å². The summed E-state index contributed by atoms with van der Waals surface area (Å²) in [5.41, 5.74) is 0. The van der Waals surface area contributed by atoms with Gasteiger partial charge >= 0.3 is 0 Å². The quantitative estimate of drug-likeness (QED) is 0.508. The maximum Gasteiger partial charge on any atom is 0.104 e. The minimum absolute atomic E-state index is 0.611. The fourth-order valence-corrected chi connectivity index (χ4v) is 6.77. The van der Waals surface area contributed by atoms with Gasteiger partial charge in [-0.25, -0.2) is 0 Å². The molecule has 0 nitrogen and oxygen atoms in total. The average molecular weight is 342 g/mol. The number of hydrogen-bond acceptors (Lipinski definition) is 4. The molecule has 2 aliphatic heterocycles. The Labute approximate surface area is 118 Å². The largest absolute Gasteiger partial charge is 0.104 e. The van der Waals surface area contributed by atoms with Crippen LogP contribution in [0.15, 0.2) is 25.9 Å². The lowest BCUT2D eigenvalue weighted by molar-refractivity contribution is 2.33. The number of thioether (sulfide) groups is 4. The second-order valence-corrected chi connectivity index (χ2v) is 9.09. The van der Waals surface area contributed by atoms with Crippen LogP contribution >= 0.6 is 93.5 Å². The monoisotopic (exact) mass is 340 g/mol. The molecule has 0 aromatic heterocycles. The molecule has 0 aliphatic carbocycles. The highest BCUT2D eigenvalue weighted by Crippen LogP contribution is 2.62. The number of hydrogen-bond donors (Lipinski definition) is 0. The van der Waals surface area contributed by atoms with Crippen LogP contribution in [0.5, 0.6) is 0 Å². The third-order valence-corrected chi connectivity index (χ3v) is 8.40. The molecule has 0 N–H and O–H groups in total. The highest BCUT2D eigenvalue weighted by Gasteiger charge is 2.27. The molecule has 8 heteroatoms. The Morgan fingerprint density at radius 3 is 0.929 bits per heavy atom. The van der Waals surface area contributed by atoms with E-state index in [1.165, 1.54) is 47.0 Å². The van der Waals surface area contributed by atoms with Crippen molar-refractivity contribution in [1.29, 1.82) is 0 Å². The molecule has 0 aromatic carbocycles. The molecule has 76 valence electrons. The predicted molar refractivity (Wildman–Crippen MR) is 74.9 cm³/mol. The zero-order valence-corrected chi connectivity index (χ0v) is 12.4. The van der Waals surface area contributed by atoms with Crippen LogP contribution in [0, 0.1) is 0 Å². The lowest BCUT2D eigenvalue weighted by Gasteiger charge is -1.98. The molecule has 0 spiro atoms. The summed E-state index contributed by atoms with van der Waals surface area (Å²) in [6.07, 6.45) is 0. The fraction of sp³-hybridized carbons (Fsp3) is 0. The summed E-state index contributed by atoms with van der Waals surface area (Å²) in [6, 6.07) is 0. The summed E-state index contributed by atoms with van der Waals surface area (Å²) >= 11 is 29.2. The van der Waals surface area contributed by atoms with Crippen LogP contribution in [-0.2, 0) is 0 Å². The Hall–Kier alpha value is 1.78. The van der Waals surface area contributed by atoms with Crippen molar-refractivity contribution in [3.05, 3.63) is 25.9 Å². The van der Waals surface area contributed by atoms with E-state index in [1.807, 2.05) is 0 Å². The Morgan fingerprint density at radius 2 is 0.714 bits per heavy atom. The molecule has 0 saturated heterocycles. The summed E-state index contributed by atoms with van der Waals surface area (Å²) in [6.45, 7) is 0. The van der Waals surface area contributed by atoms with Gasteiger partial charge in [0.1, 0.15) is 17.5 Å². The van der Waals surface area contributed by atoms with E-state index in [0.717, 1.165) is 8.47 Å². The highest BCUT2D eigenvalue weighted by atomic mass is 35.5. The van der Waals surface area contributed by atoms with Crippen molar-refractivity contribution in [3.8, 4) is 0 Å². The molecule has 0 fully saturated rings. The first-order chi connectivity index (χ1) is 6.58. The molecule has 0 amide bonds. The van der Waals surface area contributed by atoms with E-state index in [2.05, 4.69) is 0 Å². The van der Waals surface area contributed by atoms with Gasteiger partial charge in [-0.15, -0.1) is 0 Å². The van der Waals surface area contributed by atoms with Gasteiger partial charge in [-0.05, 0) is 0 Å². The van der Waals surface area contributed by atoms with Gasteiger partial charge in [0.15, 0.2) is 0 Å². The molecule has 0 atom stereocenters. The average Bonchev–Trinajstić information content (AvgIpc) is 2.60. The van der Waals surface area contributed by atoms with E-state index in [4.69, 9.17) is 46.4 Å². The van der Waals surface area contributed by atoms with Crippen molar-refractivity contribution in [2.45, 2.75) is 0 Å². The first kappa shape index (κ1) is 12.2. The molecular weight excluding hydrogens is 342 g/mol. The zero-order chi connectivity index (χ0) is 10.3. The molecule has 2 aliphatic rings. The maximum absolute atomic E-state index is 5.87. The molecule has 0 bridgehead atoms. The fourth-order valence-electron chi connectivity index (χ4n) is 0.694. The normalized spacial score (nSPS) is 23.1. The van der Waals surface area contributed by atoms with Gasteiger partial charge in [0.25, 0.3) is 0 Å². The van der Waals surface area contributed by atoms with E-state index in [-0.39, 0.29) is 0 Å². The zero-order valence-electron chi connectivity index (χ0n) is 6.14. The van der Waals surface area contributed by atoms with E-state index in [9.17, 15) is 0 Å². The standard InChI is InChI=1S/C6Cl4S4/c7-1-2(8)12-5(11-1)6-13-3(9)4(10)14-6. The molecule has 2 heterocycles. The van der Waals surface area contributed by atoms with Crippen molar-refractivity contribution in [1.82, 2.24) is 0 Å². The van der Waals surface area contributed by atoms with Gasteiger partial charge in [0.2, 0.25) is 0 Å². The van der Waals surface area contributed by atoms with Crippen LogP contribution < -0.4 is 0 Å². The number of halogens is 4. The Morgan fingerprint density at radius 1 is 0.500 bits per heavy atom. The molecule has 14 heavy (non-hydrogen) atoms. The van der Waals surface area contributed by atoms with Crippen molar-refractivity contribution in [2.75, 3.05) is 0 Å². The molecule has 0 aromatic rings. The Bertz CT molecular complexity index is 315. The van der Waals surface area contributed by atoms with Crippen LogP contribution in [0.2, 0.25) is 0 Å². The van der Waals surface area contributed by atoms with Crippen molar-refractivity contribution < 1.29 is 0 Å². The smallest absolute Gasteiger partial charge is 0.0741 e. The maximum atomic E-state index is 5.87. The first-order valence-corrected chi connectivity index (χ1v) is 7.92. The van der Waals surface area contributed by atoms with Crippen LogP contribution in [0.25, 0.3) is 0 Å². The predicted octanol–water partition coefficient (Wildman–Crippen LogP) is 6.28. The summed E-state index contributed by atoms with van der Waals surface area (Å²) < 4.78 is 4.53. The third-order valence-electron chi connectivity index (χ3n) is 1.20. The van der Waals surface area contributed by atoms with E-state index in [0.29, 0.717) is 17.5 Å². The topological polar surface area (TPSA) is 0 Å². The van der Waals surface area contributed by atoms with Crippen molar-refractivity contribution in [2.24, 2.45) is 0 Å². The summed E-state index contributed by atoms with van der Waals surface area (Å²) in [5.74, 6) is 0. The molecule has 0 unspecified atom stereocenters. The van der Waals surface area contributed by atoms with Gasteiger partial charge in [0.05, 0.1) is 8.47 Å². The van der Waals surface area contributed by atoms with E-state index in [1.54, 1.807) is 0 Å². The second-order valence-electron chi connectivity index (χ2n) is 2.08. The van der Waals surface area contributed by atoms with Gasteiger partial charge in [-0.1, -0.05) is 93.5 Å². The third kappa shape index (κ3) is 2.54. The minimum Gasteiger partial charge on any atom is -0.0741 e. The first-order valence-electron chi connectivity index (χ1n) is 3.14. The molecule has 0 radical (unpaired) electrons. The van der Waals surface area contributed by atoms with Gasteiger partial charge in [-0.2, -0.15) is 0 Å². The SMILES string of the molecule is ClC1=C(Cl)SC(=C2SC(Cl)=C(Cl)S2)S1. The van der Waals surface area contributed by atoms with Crippen LogP contribution in [0.4, 0.5) is 0 Å². The lowest BCUT2D eigenvalue weighted by atomic mass is 11.2. The summed E-state index contributed by atoms with van der Waals surface area (Å²) in [7, 11) is 0. The molecule has 0 saturated carbocycles. The molecular formula is C6Cl4S4. The highest BCUT2D eigenvalue weighted by molar-refractivity contribution is 8.35. The molecule has 2 rings (SSSR count). The van der Waals surface area contributed by atoms with Gasteiger partial charge in [0, 0.05) is 0 Å². The van der Waals surface area contributed by atoms with Crippen LogP contribution in [0.1, 0.15) is 0 Å². The number of rotatable bonds is 0. The summed E-state index contributed by atoms with van der Waals surface area (Å²) in [4.78, 5) is 0.